The van der Waals surface area contributed by atoms with E-state index in [4.69, 9.17) is 4.74 Å². The number of hydrogen-bond donors (Lipinski definition) is 2. The zero-order valence-electron chi connectivity index (χ0n) is 20.5. The van der Waals surface area contributed by atoms with Gasteiger partial charge in [0.05, 0.1) is 22.9 Å². The Morgan fingerprint density at radius 3 is 2.79 bits per heavy atom. The Morgan fingerprint density at radius 2 is 1.95 bits per heavy atom. The third-order valence-corrected chi connectivity index (χ3v) is 8.95. The van der Waals surface area contributed by atoms with Gasteiger partial charge < -0.3 is 15.0 Å². The summed E-state index contributed by atoms with van der Waals surface area (Å²) in [7, 11) is 0. The number of H-pyrrole nitrogens is 1. The first kappa shape index (κ1) is 24.4. The molecule has 1 fully saturated rings. The fourth-order valence-electron chi connectivity index (χ4n) is 4.69. The Kier molecular flexibility index (Phi) is 6.50. The van der Waals surface area contributed by atoms with Crippen LogP contribution in [0, 0.1) is 0 Å². The van der Waals surface area contributed by atoms with E-state index in [-0.39, 0.29) is 29.2 Å². The highest BCUT2D eigenvalue weighted by molar-refractivity contribution is 8.00. The van der Waals surface area contributed by atoms with E-state index in [9.17, 15) is 14.4 Å². The van der Waals surface area contributed by atoms with E-state index in [0.29, 0.717) is 40.4 Å². The number of β-lactam (4-membered cyclic amide) rings is 1. The average Bonchev–Trinajstić information content (AvgIpc) is 3.44. The average molecular weight is 545 g/mol. The van der Waals surface area contributed by atoms with Gasteiger partial charge in [0.15, 0.2) is 0 Å². The molecule has 10 heteroatoms. The molecule has 4 heterocycles. The molecule has 1 saturated heterocycles. The first-order valence-electron chi connectivity index (χ1n) is 12.2. The number of nitrogens with zero attached hydrogens (tertiary/aromatic N) is 2. The van der Waals surface area contributed by atoms with E-state index in [1.165, 1.54) is 11.3 Å². The maximum absolute atomic E-state index is 12.9. The number of para-hydroxylation sites is 2. The molecule has 0 bridgehead atoms. The molecule has 8 nitrogen and oxygen atoms in total. The van der Waals surface area contributed by atoms with Crippen LogP contribution in [0.3, 0.4) is 0 Å². The molecule has 0 radical (unpaired) electrons. The molecule has 6 rings (SSSR count). The highest BCUT2D eigenvalue weighted by Crippen LogP contribution is 2.40. The number of aromatic amines is 1. The Bertz CT molecular complexity index is 1630. The number of carbonyl (C=O) groups excluding carboxylic acids is 2. The normalized spacial score (nSPS) is 18.8. The maximum atomic E-state index is 12.9. The van der Waals surface area contributed by atoms with Gasteiger partial charge in [-0.3, -0.25) is 19.3 Å². The van der Waals surface area contributed by atoms with E-state index in [1.54, 1.807) is 22.7 Å². The molecule has 2 amide bonds. The lowest BCUT2D eigenvalue weighted by Crippen LogP contribution is -2.69. The first-order chi connectivity index (χ1) is 18.5. The fourth-order valence-corrected chi connectivity index (χ4v) is 6.85. The van der Waals surface area contributed by atoms with E-state index in [0.717, 1.165) is 16.1 Å². The van der Waals surface area contributed by atoms with Gasteiger partial charge in [-0.2, -0.15) is 0 Å². The van der Waals surface area contributed by atoms with Crippen LogP contribution in [0.5, 0.6) is 5.75 Å². The van der Waals surface area contributed by atoms with Crippen LogP contribution in [0.1, 0.15) is 11.8 Å². The van der Waals surface area contributed by atoms with Gasteiger partial charge in [-0.25, -0.2) is 4.98 Å². The number of thiophene rings is 1. The van der Waals surface area contributed by atoms with Crippen molar-refractivity contribution in [1.29, 1.82) is 0 Å². The number of benzene rings is 2. The molecule has 2 aromatic carbocycles. The van der Waals surface area contributed by atoms with Crippen molar-refractivity contribution in [1.82, 2.24) is 20.2 Å². The van der Waals surface area contributed by atoms with Crippen molar-refractivity contribution in [3.63, 3.8) is 0 Å². The van der Waals surface area contributed by atoms with Gasteiger partial charge in [-0.05, 0) is 48.2 Å². The summed E-state index contributed by atoms with van der Waals surface area (Å²) < 4.78 is 6.21. The van der Waals surface area contributed by atoms with Crippen LogP contribution in [0.25, 0.3) is 22.3 Å². The molecular formula is C28H24N4O4S2. The first-order valence-corrected chi connectivity index (χ1v) is 14.1. The van der Waals surface area contributed by atoms with E-state index in [1.807, 2.05) is 66.9 Å². The van der Waals surface area contributed by atoms with Gasteiger partial charge in [0.25, 0.3) is 11.5 Å². The van der Waals surface area contributed by atoms with Gasteiger partial charge in [0.2, 0.25) is 5.91 Å². The number of fused-ring (bicyclic) bond motifs is 2. The zero-order chi connectivity index (χ0) is 26.2. The van der Waals surface area contributed by atoms with E-state index < -0.39 is 6.04 Å². The fraction of sp³-hybridized carbons (Fsp3) is 0.214. The lowest BCUT2D eigenvalue weighted by Gasteiger charge is -2.50. The lowest BCUT2D eigenvalue weighted by atomic mass is 10.0. The smallest absolute Gasteiger partial charge is 0.259 e. The number of thioether (sulfide) groups is 1. The van der Waals surface area contributed by atoms with Gasteiger partial charge in [-0.15, -0.1) is 23.1 Å². The maximum Gasteiger partial charge on any atom is 0.259 e. The Morgan fingerprint density at radius 1 is 1.13 bits per heavy atom. The van der Waals surface area contributed by atoms with Crippen molar-refractivity contribution < 1.29 is 14.3 Å². The molecule has 4 aromatic rings. The lowest BCUT2D eigenvalue weighted by molar-refractivity contribution is -0.145. The molecule has 2 unspecified atom stereocenters. The van der Waals surface area contributed by atoms with Crippen molar-refractivity contribution in [3.8, 4) is 17.1 Å². The molecule has 38 heavy (non-hydrogen) atoms. The highest BCUT2D eigenvalue weighted by atomic mass is 32.2. The van der Waals surface area contributed by atoms with Crippen LogP contribution >= 0.6 is 23.1 Å². The van der Waals surface area contributed by atoms with Crippen LogP contribution in [-0.4, -0.2) is 50.5 Å². The summed E-state index contributed by atoms with van der Waals surface area (Å²) in [6.45, 7) is 2.21. The van der Waals surface area contributed by atoms with Crippen molar-refractivity contribution in [3.05, 3.63) is 92.5 Å². The summed E-state index contributed by atoms with van der Waals surface area (Å²) in [6, 6.07) is 18.0. The van der Waals surface area contributed by atoms with Gasteiger partial charge in [0, 0.05) is 16.3 Å². The number of allylic oxidation sites excluding steroid dienone is 1. The van der Waals surface area contributed by atoms with Crippen molar-refractivity contribution in [2.75, 3.05) is 12.4 Å². The number of nitrogens with one attached hydrogen (secondary N) is 2. The number of rotatable bonds is 7. The molecule has 2 atom stereocenters. The van der Waals surface area contributed by atoms with Crippen LogP contribution in [0.2, 0.25) is 0 Å². The zero-order valence-corrected chi connectivity index (χ0v) is 22.1. The molecule has 2 aromatic heterocycles. The van der Waals surface area contributed by atoms with Crippen molar-refractivity contribution >= 4 is 45.8 Å². The minimum absolute atomic E-state index is 0.102. The summed E-state index contributed by atoms with van der Waals surface area (Å²) in [5, 5.41) is 5.26. The summed E-state index contributed by atoms with van der Waals surface area (Å²) in [4.78, 5) is 48.2. The van der Waals surface area contributed by atoms with Crippen molar-refractivity contribution in [2.45, 2.75) is 24.8 Å². The standard InChI is InChI=1S/C28H24N4O4S2/c1-16-17(15-38-28-24(27(35)32(16)28)30-23(33)13-18-7-6-12-37-18)14-36-22-11-5-3-9-20(22)25-29-21-10-4-2-8-19(21)26(34)31-25/h2-12,24,28H,13-15H2,1H3,(H,30,33)(H,29,31,34). The Hall–Kier alpha value is -3.89. The second-order valence-corrected chi connectivity index (χ2v) is 11.3. The SMILES string of the molecule is CC1=C(COc2ccccc2-c2nc3ccccc3c(=O)[nH]2)CSC2C(NC(=O)Cc3cccs3)C(=O)N12. The predicted octanol–water partition coefficient (Wildman–Crippen LogP) is 3.95. The third kappa shape index (κ3) is 4.50. The number of hydrogen-bond acceptors (Lipinski definition) is 7. The molecule has 192 valence electrons. The minimum Gasteiger partial charge on any atom is -0.488 e. The molecule has 2 aliphatic rings. The van der Waals surface area contributed by atoms with Crippen LogP contribution in [-0.2, 0) is 16.0 Å². The molecular weight excluding hydrogens is 520 g/mol. The number of aromatic nitrogens is 2. The topological polar surface area (TPSA) is 104 Å². The quantitative estimate of drug-likeness (QED) is 0.342. The third-order valence-electron chi connectivity index (χ3n) is 6.73. The largest absolute Gasteiger partial charge is 0.488 e. The second-order valence-electron chi connectivity index (χ2n) is 9.12. The molecule has 0 spiro atoms. The summed E-state index contributed by atoms with van der Waals surface area (Å²) >= 11 is 3.15. The molecule has 2 N–H and O–H groups in total. The Balaban J connectivity index is 1.16. The van der Waals surface area contributed by atoms with Gasteiger partial charge in [0.1, 0.15) is 29.6 Å². The van der Waals surface area contributed by atoms with Gasteiger partial charge >= 0.3 is 0 Å². The number of amides is 2. The second kappa shape index (κ2) is 10.1. The van der Waals surface area contributed by atoms with E-state index in [2.05, 4.69) is 15.3 Å². The van der Waals surface area contributed by atoms with Crippen LogP contribution in [0.4, 0.5) is 0 Å². The van der Waals surface area contributed by atoms with Gasteiger partial charge in [-0.1, -0.05) is 30.3 Å². The molecule has 0 aliphatic carbocycles. The predicted molar refractivity (Wildman–Crippen MR) is 149 cm³/mol. The number of ether oxygens (including phenoxy) is 1. The van der Waals surface area contributed by atoms with Crippen LogP contribution < -0.4 is 15.6 Å². The minimum atomic E-state index is -0.513. The van der Waals surface area contributed by atoms with Crippen LogP contribution in [0.15, 0.2) is 82.1 Å². The monoisotopic (exact) mass is 544 g/mol. The molecule has 0 saturated carbocycles. The Labute approximate surface area is 226 Å². The number of carbonyl (C=O) groups is 2. The summed E-state index contributed by atoms with van der Waals surface area (Å²) in [6.07, 6.45) is 0.281. The summed E-state index contributed by atoms with van der Waals surface area (Å²) in [5.41, 5.74) is 2.95. The van der Waals surface area contributed by atoms with Crippen molar-refractivity contribution in [2.24, 2.45) is 0 Å². The summed E-state index contributed by atoms with van der Waals surface area (Å²) in [5.74, 6) is 1.47. The van der Waals surface area contributed by atoms with E-state index >= 15 is 0 Å². The highest BCUT2D eigenvalue weighted by Gasteiger charge is 2.51. The molecule has 2 aliphatic heterocycles.